The van der Waals surface area contributed by atoms with E-state index in [1.54, 1.807) is 18.2 Å². The topological polar surface area (TPSA) is 102 Å². The second-order valence-electron chi connectivity index (χ2n) is 23.7. The van der Waals surface area contributed by atoms with Crippen LogP contribution in [0.2, 0.25) is 0 Å². The molecule has 65 heavy (non-hydrogen) atoms. The highest BCUT2D eigenvalue weighted by Crippen LogP contribution is 2.77. The number of anilines is 1. The number of rotatable bonds is 12. The van der Waals surface area contributed by atoms with Gasteiger partial charge < -0.3 is 14.8 Å². The number of halogens is 3. The van der Waals surface area contributed by atoms with E-state index in [2.05, 4.69) is 65.6 Å². The molecule has 8 nitrogen and oxygen atoms in total. The van der Waals surface area contributed by atoms with Crippen molar-refractivity contribution in [3.8, 4) is 0 Å². The summed E-state index contributed by atoms with van der Waals surface area (Å²) in [5.41, 5.74) is -3.10. The van der Waals surface area contributed by atoms with Crippen LogP contribution in [0.15, 0.2) is 65.8 Å². The number of para-hydroxylation sites is 1. The average Bonchev–Trinajstić information content (AvgIpc) is 3.56. The van der Waals surface area contributed by atoms with E-state index in [1.165, 1.54) is 23.3 Å². The first kappa shape index (κ1) is 48.3. The Morgan fingerprint density at radius 2 is 1.48 bits per heavy atom. The van der Waals surface area contributed by atoms with Crippen molar-refractivity contribution < 1.29 is 40.7 Å². The van der Waals surface area contributed by atoms with Crippen molar-refractivity contribution in [2.75, 3.05) is 17.4 Å². The molecule has 1 aromatic carbocycles. The highest BCUT2D eigenvalue weighted by molar-refractivity contribution is 7.93. The molecule has 0 heterocycles. The normalized spacial score (nSPS) is 36.4. The number of ether oxygens (including phenoxy) is 2. The summed E-state index contributed by atoms with van der Waals surface area (Å²) in [6, 6.07) is 7.63. The van der Waals surface area contributed by atoms with Crippen LogP contribution in [0, 0.1) is 62.1 Å². The van der Waals surface area contributed by atoms with Crippen LogP contribution in [0.3, 0.4) is 0 Å². The number of alkyl halides is 3. The van der Waals surface area contributed by atoms with E-state index in [0.717, 1.165) is 69.8 Å². The molecule has 0 unspecified atom stereocenters. The zero-order chi connectivity index (χ0) is 47.6. The van der Waals surface area contributed by atoms with Gasteiger partial charge in [0.2, 0.25) is 0 Å². The van der Waals surface area contributed by atoms with Gasteiger partial charge in [-0.2, -0.15) is 21.6 Å². The fraction of sp³-hybridized carbons (Fsp3) is 0.736. The van der Waals surface area contributed by atoms with Crippen molar-refractivity contribution in [2.24, 2.45) is 62.1 Å². The van der Waals surface area contributed by atoms with Crippen LogP contribution < -0.4 is 9.62 Å². The van der Waals surface area contributed by atoms with Gasteiger partial charge >= 0.3 is 27.5 Å². The molecule has 5 fully saturated rings. The maximum Gasteiger partial charge on any atom is 0.516 e. The highest BCUT2D eigenvalue weighted by atomic mass is 32.2. The second-order valence-corrected chi connectivity index (χ2v) is 25.6. The number of hydrogen-bond acceptors (Lipinski definition) is 7. The van der Waals surface area contributed by atoms with Crippen LogP contribution in [0.25, 0.3) is 0 Å². The van der Waals surface area contributed by atoms with Gasteiger partial charge in [-0.3, -0.25) is 13.9 Å². The molecule has 1 spiro atoms. The Bertz CT molecular complexity index is 2220. The first-order valence-electron chi connectivity index (χ1n) is 24.5. The molecule has 0 radical (unpaired) electrons. The van der Waals surface area contributed by atoms with Gasteiger partial charge in [0.15, 0.2) is 5.41 Å². The Kier molecular flexibility index (Phi) is 11.9. The van der Waals surface area contributed by atoms with E-state index >= 15 is 0 Å². The van der Waals surface area contributed by atoms with Gasteiger partial charge in [0.05, 0.1) is 17.9 Å². The van der Waals surface area contributed by atoms with Crippen molar-refractivity contribution in [1.82, 2.24) is 5.32 Å². The minimum Gasteiger partial charge on any atom is -0.462 e. The molecule has 1 N–H and O–H groups in total. The molecule has 8 rings (SSSR count). The molecule has 0 aromatic heterocycles. The molecule has 9 atom stereocenters. The largest absolute Gasteiger partial charge is 0.516 e. The van der Waals surface area contributed by atoms with E-state index in [1.807, 2.05) is 27.7 Å². The van der Waals surface area contributed by atoms with Gasteiger partial charge in [-0.15, -0.1) is 0 Å². The number of benzene rings is 1. The summed E-state index contributed by atoms with van der Waals surface area (Å²) < 4.78 is 79.7. The molecule has 12 heteroatoms. The Hall–Kier alpha value is -3.12. The first-order chi connectivity index (χ1) is 30.1. The minimum atomic E-state index is -5.60. The Morgan fingerprint density at radius 1 is 0.862 bits per heavy atom. The number of allylic oxidation sites excluding steroid dienone is 5. The number of hydrogen-bond donors (Lipinski definition) is 1. The molecule has 360 valence electrons. The molecule has 1 aromatic rings. The molecule has 5 saturated carbocycles. The zero-order valence-electron chi connectivity index (χ0n) is 40.6. The van der Waals surface area contributed by atoms with Gasteiger partial charge in [0.25, 0.3) is 0 Å². The van der Waals surface area contributed by atoms with Crippen LogP contribution >= 0.6 is 0 Å². The Labute approximate surface area is 387 Å². The SMILES string of the molecule is C=C(C)[C@@H]1CC[C@]2(NCCN(c3ccccc3)S(=O)(=O)C(F)(F)F)CC[C@]3(C)[C@H](CC[C@@H]4[C@@]5(C)CC=C(C6=CC7(C6)CC(C(=O)OC(C)C)(C(=O)OC(C)C)C7)C(C)(C)[C@@H]5CC[C@]43C)[C@@H]12. The van der Waals surface area contributed by atoms with Crippen LogP contribution in [-0.4, -0.2) is 56.7 Å². The Balaban J connectivity index is 1.02. The smallest absolute Gasteiger partial charge is 0.462 e. The van der Waals surface area contributed by atoms with Crippen molar-refractivity contribution in [3.05, 3.63) is 65.8 Å². The number of carbonyl (C=O) groups is 2. The summed E-state index contributed by atoms with van der Waals surface area (Å²) in [4.78, 5) is 26.8. The number of carbonyl (C=O) groups excluding carboxylic acids is 2. The monoisotopic (exact) mass is 925 g/mol. The summed E-state index contributed by atoms with van der Waals surface area (Å²) in [6.07, 6.45) is 15.2. The third kappa shape index (κ3) is 7.31. The number of esters is 2. The molecular weight excluding hydrogens is 850 g/mol. The minimum absolute atomic E-state index is 0.00979. The first-order valence-corrected chi connectivity index (χ1v) is 26.0. The molecule has 7 aliphatic carbocycles. The Morgan fingerprint density at radius 3 is 2.05 bits per heavy atom. The quantitative estimate of drug-likeness (QED) is 0.127. The molecule has 0 aliphatic heterocycles. The summed E-state index contributed by atoms with van der Waals surface area (Å²) in [7, 11) is -5.60. The molecular formula is C53H75F3N2O6S. The third-order valence-corrected chi connectivity index (χ3v) is 20.8. The lowest BCUT2D eigenvalue weighted by molar-refractivity contribution is -0.221. The maximum absolute atomic E-state index is 14.0. The van der Waals surface area contributed by atoms with Gasteiger partial charge in [-0.1, -0.05) is 77.1 Å². The van der Waals surface area contributed by atoms with Crippen LogP contribution in [0.4, 0.5) is 18.9 Å². The van der Waals surface area contributed by atoms with Gasteiger partial charge in [0.1, 0.15) is 0 Å². The number of nitrogens with zero attached hydrogens (tertiary/aromatic N) is 1. The molecule has 0 amide bonds. The summed E-state index contributed by atoms with van der Waals surface area (Å²) >= 11 is 0. The van der Waals surface area contributed by atoms with Gasteiger partial charge in [-0.05, 0) is 192 Å². The fourth-order valence-electron chi connectivity index (χ4n) is 16.4. The van der Waals surface area contributed by atoms with Gasteiger partial charge in [-0.25, -0.2) is 0 Å². The average molecular weight is 925 g/mol. The summed E-state index contributed by atoms with van der Waals surface area (Å²) in [6.45, 7) is 26.3. The van der Waals surface area contributed by atoms with Crippen molar-refractivity contribution >= 4 is 27.6 Å². The maximum atomic E-state index is 14.0. The predicted octanol–water partition coefficient (Wildman–Crippen LogP) is 11.9. The van der Waals surface area contributed by atoms with Crippen LogP contribution in [-0.2, 0) is 29.1 Å². The predicted molar refractivity (Wildman–Crippen MR) is 249 cm³/mol. The van der Waals surface area contributed by atoms with Crippen molar-refractivity contribution in [1.29, 1.82) is 0 Å². The standard InChI is InChI=1S/C53H75F3N2O6S/c1-33(2)38-19-24-52(57-27-28-58(37-15-13-12-14-16-37)65(61,62)53(54,55)56)26-25-48(10)40(43(38)52)17-18-42-47(9)22-20-39(46(7,8)41(47)21-23-49(42,48)11)36-29-50(30-36)31-51(32-50,44(59)63-34(3)4)45(60)64-35(5)6/h12-16,20,29,34-35,38,40-43,57H,1,17-19,21-28,30-32H2,2-11H3/t38-,40+,41-,42+,43+,47-,48+,49+,52-/m0/s1. The van der Waals surface area contributed by atoms with E-state index in [9.17, 15) is 31.2 Å². The lowest BCUT2D eigenvalue weighted by atomic mass is 9.32. The van der Waals surface area contributed by atoms with Crippen molar-refractivity contribution in [2.45, 2.75) is 170 Å². The highest BCUT2D eigenvalue weighted by Gasteiger charge is 2.72. The molecule has 0 saturated heterocycles. The lowest BCUT2D eigenvalue weighted by Gasteiger charge is -2.72. The van der Waals surface area contributed by atoms with Crippen LogP contribution in [0.5, 0.6) is 0 Å². The number of sulfonamides is 1. The van der Waals surface area contributed by atoms with Crippen molar-refractivity contribution in [3.63, 3.8) is 0 Å². The molecule has 7 aliphatic rings. The lowest BCUT2D eigenvalue weighted by Crippen LogP contribution is -2.68. The van der Waals surface area contributed by atoms with E-state index in [0.29, 0.717) is 34.9 Å². The van der Waals surface area contributed by atoms with Crippen LogP contribution in [0.1, 0.15) is 146 Å². The summed E-state index contributed by atoms with van der Waals surface area (Å²) in [5.74, 6) is 0.978. The summed E-state index contributed by atoms with van der Waals surface area (Å²) in [5, 5.41) is 3.80. The van der Waals surface area contributed by atoms with E-state index in [4.69, 9.17) is 9.47 Å². The number of nitrogens with one attached hydrogen (secondary N) is 1. The van der Waals surface area contributed by atoms with E-state index in [-0.39, 0.29) is 75.4 Å². The van der Waals surface area contributed by atoms with E-state index < -0.39 is 32.9 Å². The van der Waals surface area contributed by atoms with Gasteiger partial charge in [0, 0.05) is 18.6 Å². The second kappa shape index (κ2) is 16.0. The fourth-order valence-corrected chi connectivity index (χ4v) is 17.4. The molecule has 0 bridgehead atoms. The number of fused-ring (bicyclic) bond motifs is 7. The third-order valence-electron chi connectivity index (χ3n) is 19.2. The zero-order valence-corrected chi connectivity index (χ0v) is 41.4.